The third-order valence-corrected chi connectivity index (χ3v) is 4.23. The quantitative estimate of drug-likeness (QED) is 0.838. The standard InChI is InChI=1S/C20H23N3O3/c1-23(2)18-10-9-15(12-17(18)20(25)21-14-7-8-14)22-19(24)13-5-4-6-16(11-13)26-3/h4-6,9-12,14H,7-8H2,1-3H3,(H,21,25)(H,22,24). The average Bonchev–Trinajstić information content (AvgIpc) is 3.45. The molecule has 0 saturated heterocycles. The Kier molecular flexibility index (Phi) is 5.11. The lowest BCUT2D eigenvalue weighted by Crippen LogP contribution is -2.27. The molecule has 0 aromatic heterocycles. The molecule has 0 spiro atoms. The summed E-state index contributed by atoms with van der Waals surface area (Å²) in [5.74, 6) is 0.244. The number of methoxy groups -OCH3 is 1. The number of hydrogen-bond acceptors (Lipinski definition) is 4. The van der Waals surface area contributed by atoms with E-state index in [1.165, 1.54) is 0 Å². The van der Waals surface area contributed by atoms with Gasteiger partial charge in [-0.15, -0.1) is 0 Å². The number of anilines is 2. The molecular formula is C20H23N3O3. The minimum Gasteiger partial charge on any atom is -0.497 e. The van der Waals surface area contributed by atoms with Crippen LogP contribution >= 0.6 is 0 Å². The minimum atomic E-state index is -0.255. The van der Waals surface area contributed by atoms with Crippen molar-refractivity contribution in [3.63, 3.8) is 0 Å². The molecule has 26 heavy (non-hydrogen) atoms. The normalized spacial score (nSPS) is 13.0. The summed E-state index contributed by atoms with van der Waals surface area (Å²) in [5, 5.41) is 5.84. The zero-order valence-corrected chi connectivity index (χ0v) is 15.2. The van der Waals surface area contributed by atoms with E-state index >= 15 is 0 Å². The van der Waals surface area contributed by atoms with Crippen molar-refractivity contribution in [2.45, 2.75) is 18.9 Å². The highest BCUT2D eigenvalue weighted by Gasteiger charge is 2.25. The van der Waals surface area contributed by atoms with E-state index in [1.807, 2.05) is 25.1 Å². The third-order valence-electron chi connectivity index (χ3n) is 4.23. The maximum absolute atomic E-state index is 12.5. The molecule has 6 nitrogen and oxygen atoms in total. The fourth-order valence-corrected chi connectivity index (χ4v) is 2.64. The topological polar surface area (TPSA) is 70.7 Å². The Morgan fingerprint density at radius 3 is 2.50 bits per heavy atom. The average molecular weight is 353 g/mol. The van der Waals surface area contributed by atoms with Gasteiger partial charge in [0.05, 0.1) is 12.7 Å². The van der Waals surface area contributed by atoms with E-state index in [-0.39, 0.29) is 17.9 Å². The van der Waals surface area contributed by atoms with Crippen LogP contribution < -0.4 is 20.3 Å². The maximum Gasteiger partial charge on any atom is 0.255 e. The van der Waals surface area contributed by atoms with Crippen molar-refractivity contribution >= 4 is 23.2 Å². The Morgan fingerprint density at radius 1 is 1.08 bits per heavy atom. The Hall–Kier alpha value is -3.02. The smallest absolute Gasteiger partial charge is 0.255 e. The zero-order valence-electron chi connectivity index (χ0n) is 15.2. The summed E-state index contributed by atoms with van der Waals surface area (Å²) < 4.78 is 5.15. The fraction of sp³-hybridized carbons (Fsp3) is 0.300. The van der Waals surface area contributed by atoms with Gasteiger partial charge in [0.15, 0.2) is 0 Å². The lowest BCUT2D eigenvalue weighted by atomic mass is 10.1. The van der Waals surface area contributed by atoms with Crippen molar-refractivity contribution in [3.05, 3.63) is 53.6 Å². The SMILES string of the molecule is COc1cccc(C(=O)Nc2ccc(N(C)C)c(C(=O)NC3CC3)c2)c1. The van der Waals surface area contributed by atoms with Crippen LogP contribution in [-0.4, -0.2) is 39.1 Å². The van der Waals surface area contributed by atoms with Crippen LogP contribution in [0.1, 0.15) is 33.6 Å². The van der Waals surface area contributed by atoms with Crippen molar-refractivity contribution in [1.29, 1.82) is 0 Å². The molecule has 2 N–H and O–H groups in total. The fourth-order valence-electron chi connectivity index (χ4n) is 2.64. The van der Waals surface area contributed by atoms with Gasteiger partial charge in [-0.2, -0.15) is 0 Å². The largest absolute Gasteiger partial charge is 0.497 e. The number of carbonyl (C=O) groups is 2. The van der Waals surface area contributed by atoms with Crippen molar-refractivity contribution in [2.24, 2.45) is 0 Å². The second-order valence-corrected chi connectivity index (χ2v) is 6.56. The van der Waals surface area contributed by atoms with E-state index in [0.717, 1.165) is 18.5 Å². The molecule has 0 unspecified atom stereocenters. The second-order valence-electron chi connectivity index (χ2n) is 6.56. The Morgan fingerprint density at radius 2 is 1.85 bits per heavy atom. The van der Waals surface area contributed by atoms with Crippen molar-refractivity contribution in [3.8, 4) is 5.75 Å². The zero-order chi connectivity index (χ0) is 18.7. The number of carbonyl (C=O) groups excluding carboxylic acids is 2. The Balaban J connectivity index is 1.82. The van der Waals surface area contributed by atoms with Crippen LogP contribution in [0.3, 0.4) is 0 Å². The second kappa shape index (κ2) is 7.47. The summed E-state index contributed by atoms with van der Waals surface area (Å²) in [6.45, 7) is 0. The highest BCUT2D eigenvalue weighted by atomic mass is 16.5. The van der Waals surface area contributed by atoms with Gasteiger partial charge in [-0.3, -0.25) is 9.59 Å². The van der Waals surface area contributed by atoms with Crippen molar-refractivity contribution < 1.29 is 14.3 Å². The highest BCUT2D eigenvalue weighted by Crippen LogP contribution is 2.26. The minimum absolute atomic E-state index is 0.117. The number of amides is 2. The molecule has 0 aliphatic heterocycles. The van der Waals surface area contributed by atoms with Crippen molar-refractivity contribution in [1.82, 2.24) is 5.32 Å². The molecule has 2 amide bonds. The first-order valence-electron chi connectivity index (χ1n) is 8.55. The molecule has 0 atom stereocenters. The monoisotopic (exact) mass is 353 g/mol. The van der Waals surface area contributed by atoms with Gasteiger partial charge in [0.25, 0.3) is 11.8 Å². The van der Waals surface area contributed by atoms with Crippen LogP contribution in [0.4, 0.5) is 11.4 Å². The van der Waals surface area contributed by atoms with E-state index in [0.29, 0.717) is 22.6 Å². The maximum atomic E-state index is 12.5. The van der Waals surface area contributed by atoms with Crippen LogP contribution in [0.2, 0.25) is 0 Å². The highest BCUT2D eigenvalue weighted by molar-refractivity contribution is 6.06. The number of hydrogen-bond donors (Lipinski definition) is 2. The van der Waals surface area contributed by atoms with Gasteiger partial charge >= 0.3 is 0 Å². The molecule has 2 aromatic carbocycles. The first-order chi connectivity index (χ1) is 12.5. The summed E-state index contributed by atoms with van der Waals surface area (Å²) >= 11 is 0. The predicted molar refractivity (Wildman–Crippen MR) is 102 cm³/mol. The molecule has 1 fully saturated rings. The van der Waals surface area contributed by atoms with E-state index in [9.17, 15) is 9.59 Å². The summed E-state index contributed by atoms with van der Waals surface area (Å²) in [6.07, 6.45) is 2.05. The van der Waals surface area contributed by atoms with Crippen LogP contribution in [0.5, 0.6) is 5.75 Å². The van der Waals surface area contributed by atoms with Gasteiger partial charge in [0.2, 0.25) is 0 Å². The number of ether oxygens (including phenoxy) is 1. The van der Waals surface area contributed by atoms with E-state index in [1.54, 1.807) is 43.5 Å². The molecule has 6 heteroatoms. The van der Waals surface area contributed by atoms with Gasteiger partial charge in [0.1, 0.15) is 5.75 Å². The molecule has 2 aromatic rings. The molecule has 0 heterocycles. The number of nitrogens with zero attached hydrogens (tertiary/aromatic N) is 1. The predicted octanol–water partition coefficient (Wildman–Crippen LogP) is 2.91. The van der Waals surface area contributed by atoms with Crippen LogP contribution in [0.15, 0.2) is 42.5 Å². The van der Waals surface area contributed by atoms with E-state index < -0.39 is 0 Å². The van der Waals surface area contributed by atoms with Gasteiger partial charge in [-0.25, -0.2) is 0 Å². The van der Waals surface area contributed by atoms with Crippen LogP contribution in [-0.2, 0) is 0 Å². The summed E-state index contributed by atoms with van der Waals surface area (Å²) in [7, 11) is 5.33. The molecule has 0 radical (unpaired) electrons. The van der Waals surface area contributed by atoms with Gasteiger partial charge in [0, 0.05) is 37.1 Å². The molecule has 1 saturated carbocycles. The van der Waals surface area contributed by atoms with Gasteiger partial charge in [-0.05, 0) is 49.2 Å². The van der Waals surface area contributed by atoms with E-state index in [4.69, 9.17) is 4.74 Å². The lowest BCUT2D eigenvalue weighted by Gasteiger charge is -2.18. The molecule has 0 bridgehead atoms. The third kappa shape index (κ3) is 4.14. The summed E-state index contributed by atoms with van der Waals surface area (Å²) in [5.41, 5.74) is 2.42. The van der Waals surface area contributed by atoms with E-state index in [2.05, 4.69) is 10.6 Å². The molecular weight excluding hydrogens is 330 g/mol. The van der Waals surface area contributed by atoms with Crippen LogP contribution in [0, 0.1) is 0 Å². The molecule has 3 rings (SSSR count). The summed E-state index contributed by atoms with van der Waals surface area (Å²) in [4.78, 5) is 26.9. The Labute approximate surface area is 153 Å². The lowest BCUT2D eigenvalue weighted by molar-refractivity contribution is 0.0950. The van der Waals surface area contributed by atoms with Crippen LogP contribution in [0.25, 0.3) is 0 Å². The van der Waals surface area contributed by atoms with Gasteiger partial charge in [-0.1, -0.05) is 6.07 Å². The Bertz CT molecular complexity index is 829. The number of rotatable bonds is 6. The molecule has 1 aliphatic rings. The first kappa shape index (κ1) is 17.8. The van der Waals surface area contributed by atoms with Gasteiger partial charge < -0.3 is 20.3 Å². The summed E-state index contributed by atoms with van der Waals surface area (Å²) in [6, 6.07) is 12.5. The number of nitrogens with one attached hydrogen (secondary N) is 2. The first-order valence-corrected chi connectivity index (χ1v) is 8.55. The number of benzene rings is 2. The molecule has 136 valence electrons. The molecule has 1 aliphatic carbocycles. The van der Waals surface area contributed by atoms with Crippen molar-refractivity contribution in [2.75, 3.05) is 31.4 Å².